The molecule has 0 saturated carbocycles. The van der Waals surface area contributed by atoms with E-state index in [9.17, 15) is 13.2 Å². The highest BCUT2D eigenvalue weighted by Gasteiger charge is 2.31. The number of hydrogen-bond acceptors (Lipinski definition) is 7. The van der Waals surface area contributed by atoms with Gasteiger partial charge in [0, 0.05) is 51.1 Å². The van der Waals surface area contributed by atoms with E-state index >= 15 is 0 Å². The first-order valence-electron chi connectivity index (χ1n) is 10.9. The summed E-state index contributed by atoms with van der Waals surface area (Å²) in [6.45, 7) is 4.80. The molecule has 1 amide bonds. The highest BCUT2D eigenvalue weighted by atomic mass is 32.2. The Morgan fingerprint density at radius 3 is 2.32 bits per heavy atom. The van der Waals surface area contributed by atoms with Crippen LogP contribution < -0.4 is 4.90 Å². The number of nitrogens with zero attached hydrogens (tertiary/aromatic N) is 6. The van der Waals surface area contributed by atoms with Crippen LogP contribution in [0, 0.1) is 6.92 Å². The molecule has 2 aromatic heterocycles. The number of carbonyl (C=O) groups excluding carboxylic acids is 1. The van der Waals surface area contributed by atoms with Gasteiger partial charge in [-0.05, 0) is 39.0 Å². The first-order chi connectivity index (χ1) is 14.8. The van der Waals surface area contributed by atoms with Gasteiger partial charge in [-0.15, -0.1) is 0 Å². The monoisotopic (exact) mass is 446 g/mol. The van der Waals surface area contributed by atoms with E-state index in [1.807, 2.05) is 18.9 Å². The van der Waals surface area contributed by atoms with E-state index in [0.717, 1.165) is 31.6 Å². The average Bonchev–Trinajstić information content (AvgIpc) is 3.11. The molecular formula is C21H30N6O3S. The fourth-order valence-corrected chi connectivity index (χ4v) is 5.27. The Bertz CT molecular complexity index is 1070. The van der Waals surface area contributed by atoms with Crippen LogP contribution in [-0.2, 0) is 16.9 Å². The topological polar surface area (TPSA) is 101 Å². The predicted octanol–water partition coefficient (Wildman–Crippen LogP) is 1.93. The first-order valence-corrected chi connectivity index (χ1v) is 12.7. The van der Waals surface area contributed by atoms with Crippen molar-refractivity contribution in [1.82, 2.24) is 24.6 Å². The van der Waals surface area contributed by atoms with Crippen LogP contribution in [0.1, 0.15) is 59.8 Å². The van der Waals surface area contributed by atoms with E-state index in [2.05, 4.69) is 15.0 Å². The molecule has 31 heavy (non-hydrogen) atoms. The Hall–Kier alpha value is -2.49. The molecule has 2 aliphatic heterocycles. The summed E-state index contributed by atoms with van der Waals surface area (Å²) in [6.07, 6.45) is 9.03. The standard InChI is InChI=1S/C21H30N6O3S/c1-15-17(13-23-25(15)2)20(28)26-11-7-16(8-12-26)19-18(31(3,29)30)14-22-21(24-19)27-9-5-4-6-10-27/h13-14,16H,4-12H2,1-3H3. The van der Waals surface area contributed by atoms with Crippen LogP contribution in [0.2, 0.25) is 0 Å². The maximum absolute atomic E-state index is 12.9. The van der Waals surface area contributed by atoms with Gasteiger partial charge in [-0.2, -0.15) is 5.10 Å². The van der Waals surface area contributed by atoms with Gasteiger partial charge in [0.15, 0.2) is 9.84 Å². The Kier molecular flexibility index (Phi) is 6.00. The highest BCUT2D eigenvalue weighted by molar-refractivity contribution is 7.90. The van der Waals surface area contributed by atoms with Crippen molar-refractivity contribution in [2.24, 2.45) is 7.05 Å². The molecule has 4 rings (SSSR count). The van der Waals surface area contributed by atoms with Crippen LogP contribution >= 0.6 is 0 Å². The summed E-state index contributed by atoms with van der Waals surface area (Å²) in [5, 5.41) is 4.17. The van der Waals surface area contributed by atoms with Crippen LogP contribution in [0.4, 0.5) is 5.95 Å². The predicted molar refractivity (Wildman–Crippen MR) is 117 cm³/mol. The average molecular weight is 447 g/mol. The van der Waals surface area contributed by atoms with Crippen molar-refractivity contribution >= 4 is 21.7 Å². The Labute approximate surface area is 183 Å². The summed E-state index contributed by atoms with van der Waals surface area (Å²) in [5.41, 5.74) is 2.06. The molecule has 2 saturated heterocycles. The molecule has 0 radical (unpaired) electrons. The van der Waals surface area contributed by atoms with Gasteiger partial charge in [0.05, 0.1) is 23.7 Å². The number of carbonyl (C=O) groups is 1. The molecule has 10 heteroatoms. The van der Waals surface area contributed by atoms with Gasteiger partial charge in [-0.3, -0.25) is 9.48 Å². The van der Waals surface area contributed by atoms with Gasteiger partial charge in [-0.1, -0.05) is 0 Å². The lowest BCUT2D eigenvalue weighted by Gasteiger charge is -2.33. The third-order valence-electron chi connectivity index (χ3n) is 6.44. The summed E-state index contributed by atoms with van der Waals surface area (Å²) in [4.78, 5) is 26.2. The molecule has 2 fully saturated rings. The first kappa shape index (κ1) is 21.7. The quantitative estimate of drug-likeness (QED) is 0.707. The van der Waals surface area contributed by atoms with E-state index in [-0.39, 0.29) is 16.7 Å². The molecule has 4 heterocycles. The van der Waals surface area contributed by atoms with Crippen molar-refractivity contribution in [2.45, 2.75) is 49.8 Å². The van der Waals surface area contributed by atoms with Crippen molar-refractivity contribution in [3.63, 3.8) is 0 Å². The zero-order chi connectivity index (χ0) is 22.2. The number of aryl methyl sites for hydroxylation is 1. The maximum atomic E-state index is 12.9. The van der Waals surface area contributed by atoms with E-state index in [1.165, 1.54) is 18.9 Å². The lowest BCUT2D eigenvalue weighted by molar-refractivity contribution is 0.0710. The fraction of sp³-hybridized carbons (Fsp3) is 0.619. The van der Waals surface area contributed by atoms with E-state index in [1.54, 1.807) is 10.9 Å². The number of sulfone groups is 1. The zero-order valence-corrected chi connectivity index (χ0v) is 19.2. The third kappa shape index (κ3) is 4.44. The largest absolute Gasteiger partial charge is 0.341 e. The number of aromatic nitrogens is 4. The number of rotatable bonds is 4. The minimum atomic E-state index is -3.44. The van der Waals surface area contributed by atoms with Crippen molar-refractivity contribution < 1.29 is 13.2 Å². The van der Waals surface area contributed by atoms with Gasteiger partial charge >= 0.3 is 0 Å². The van der Waals surface area contributed by atoms with Gasteiger partial charge in [-0.25, -0.2) is 18.4 Å². The summed E-state index contributed by atoms with van der Waals surface area (Å²) in [5.74, 6) is 0.575. The van der Waals surface area contributed by atoms with E-state index in [4.69, 9.17) is 4.98 Å². The molecule has 9 nitrogen and oxygen atoms in total. The van der Waals surface area contributed by atoms with Gasteiger partial charge in [0.2, 0.25) is 5.95 Å². The highest BCUT2D eigenvalue weighted by Crippen LogP contribution is 2.33. The molecule has 0 bridgehead atoms. The molecule has 0 spiro atoms. The molecule has 0 unspecified atom stereocenters. The fourth-order valence-electron chi connectivity index (χ4n) is 4.43. The normalized spacial score (nSPS) is 18.4. The molecule has 2 aromatic rings. The van der Waals surface area contributed by atoms with Crippen LogP contribution in [0.15, 0.2) is 17.3 Å². The second kappa shape index (κ2) is 8.57. The molecule has 168 valence electrons. The van der Waals surface area contributed by atoms with Crippen molar-refractivity contribution in [2.75, 3.05) is 37.3 Å². The summed E-state index contributed by atoms with van der Waals surface area (Å²) in [6, 6.07) is 0. The van der Waals surface area contributed by atoms with E-state index in [0.29, 0.717) is 43.1 Å². The number of hydrogen-bond donors (Lipinski definition) is 0. The van der Waals surface area contributed by atoms with Crippen LogP contribution in [0.3, 0.4) is 0 Å². The van der Waals surface area contributed by atoms with Gasteiger partial charge in [0.1, 0.15) is 4.90 Å². The van der Waals surface area contributed by atoms with Gasteiger partial charge < -0.3 is 9.80 Å². The zero-order valence-electron chi connectivity index (χ0n) is 18.4. The third-order valence-corrected chi connectivity index (χ3v) is 7.56. The summed E-state index contributed by atoms with van der Waals surface area (Å²) >= 11 is 0. The molecule has 0 aliphatic carbocycles. The molecule has 0 atom stereocenters. The molecular weight excluding hydrogens is 416 g/mol. The van der Waals surface area contributed by atoms with Gasteiger partial charge in [0.25, 0.3) is 5.91 Å². The SMILES string of the molecule is Cc1c(C(=O)N2CCC(c3nc(N4CCCCC4)ncc3S(C)(=O)=O)CC2)cnn1C. The molecule has 2 aliphatic rings. The van der Waals surface area contributed by atoms with Crippen molar-refractivity contribution in [1.29, 1.82) is 0 Å². The van der Waals surface area contributed by atoms with Crippen molar-refractivity contribution in [3.8, 4) is 0 Å². The Morgan fingerprint density at radius 2 is 1.74 bits per heavy atom. The number of amides is 1. The smallest absolute Gasteiger partial charge is 0.257 e. The number of piperidine rings is 2. The number of anilines is 1. The minimum absolute atomic E-state index is 0.0182. The Morgan fingerprint density at radius 1 is 1.06 bits per heavy atom. The molecule has 0 N–H and O–H groups in total. The minimum Gasteiger partial charge on any atom is -0.341 e. The lowest BCUT2D eigenvalue weighted by atomic mass is 9.93. The second-order valence-electron chi connectivity index (χ2n) is 8.57. The summed E-state index contributed by atoms with van der Waals surface area (Å²) in [7, 11) is -1.62. The van der Waals surface area contributed by atoms with Crippen molar-refractivity contribution in [3.05, 3.63) is 29.3 Å². The van der Waals surface area contributed by atoms with Crippen LogP contribution in [0.25, 0.3) is 0 Å². The second-order valence-corrected chi connectivity index (χ2v) is 10.6. The maximum Gasteiger partial charge on any atom is 0.257 e. The number of likely N-dealkylation sites (tertiary alicyclic amines) is 1. The Balaban J connectivity index is 1.55. The summed E-state index contributed by atoms with van der Waals surface area (Å²) < 4.78 is 26.5. The molecule has 0 aromatic carbocycles. The van der Waals surface area contributed by atoms with Crippen LogP contribution in [-0.4, -0.2) is 71.4 Å². The lowest BCUT2D eigenvalue weighted by Crippen LogP contribution is -2.38. The van der Waals surface area contributed by atoms with E-state index < -0.39 is 9.84 Å². The van der Waals surface area contributed by atoms with Crippen LogP contribution in [0.5, 0.6) is 0 Å².